The molecule has 0 fully saturated rings. The number of aromatic amines is 1. The molecule has 0 aliphatic carbocycles. The number of carbonyl (C=O) groups is 1. The molecule has 2 heterocycles. The molecule has 0 saturated carbocycles. The molecule has 2 aromatic heterocycles. The van der Waals surface area contributed by atoms with Gasteiger partial charge in [-0.25, -0.2) is 9.97 Å². The van der Waals surface area contributed by atoms with Gasteiger partial charge in [-0.05, 0) is 41.8 Å². The highest BCUT2D eigenvalue weighted by Crippen LogP contribution is 2.27. The highest BCUT2D eigenvalue weighted by atomic mass is 16.2. The smallest absolute Gasteiger partial charge is 0.250 e. The summed E-state index contributed by atoms with van der Waals surface area (Å²) < 4.78 is 0. The normalized spacial score (nSPS) is 10.6. The van der Waals surface area contributed by atoms with E-state index in [0.29, 0.717) is 17.9 Å². The molecule has 0 atom stereocenters. The summed E-state index contributed by atoms with van der Waals surface area (Å²) in [6.45, 7) is 3.89. The number of anilines is 4. The second-order valence-corrected chi connectivity index (χ2v) is 7.15. The van der Waals surface area contributed by atoms with Gasteiger partial charge in [0.1, 0.15) is 17.7 Å². The van der Waals surface area contributed by atoms with Crippen molar-refractivity contribution in [3.8, 4) is 0 Å². The van der Waals surface area contributed by atoms with Crippen molar-refractivity contribution in [2.75, 3.05) is 22.5 Å². The van der Waals surface area contributed by atoms with E-state index >= 15 is 0 Å². The molecule has 8 nitrogen and oxygen atoms in total. The van der Waals surface area contributed by atoms with E-state index in [-0.39, 0.29) is 23.9 Å². The predicted octanol–water partition coefficient (Wildman–Crippen LogP) is 4.26. The number of rotatable bonds is 8. The summed E-state index contributed by atoms with van der Waals surface area (Å²) in [6, 6.07) is 17.1. The van der Waals surface area contributed by atoms with Crippen LogP contribution >= 0.6 is 0 Å². The molecular weight excluding hydrogens is 402 g/mol. The highest BCUT2D eigenvalue weighted by Gasteiger charge is 2.18. The molecule has 0 radical (unpaired) electrons. The second-order valence-electron chi connectivity index (χ2n) is 7.15. The summed E-state index contributed by atoms with van der Waals surface area (Å²) in [5.41, 5.74) is 9.72. The molecular formula is C24H23N7O. The molecule has 2 aromatic carbocycles. The van der Waals surface area contributed by atoms with E-state index in [4.69, 9.17) is 11.1 Å². The molecule has 5 N–H and O–H groups in total. The number of hydrogen-bond acceptors (Lipinski definition) is 6. The van der Waals surface area contributed by atoms with Gasteiger partial charge in [0.05, 0.1) is 5.71 Å². The maximum atomic E-state index is 12.4. The number of H-pyrrole nitrogens is 1. The van der Waals surface area contributed by atoms with Crippen molar-refractivity contribution in [1.29, 1.82) is 5.41 Å². The van der Waals surface area contributed by atoms with Crippen LogP contribution in [0.1, 0.15) is 12.1 Å². The third-order valence-corrected chi connectivity index (χ3v) is 5.08. The van der Waals surface area contributed by atoms with Gasteiger partial charge in [-0.2, -0.15) is 0 Å². The Hall–Kier alpha value is -4.46. The number of nitrogens with zero attached hydrogens (tertiary/aromatic N) is 3. The first-order valence-electron chi connectivity index (χ1n) is 10.1. The number of benzene rings is 2. The van der Waals surface area contributed by atoms with Gasteiger partial charge < -0.3 is 26.3 Å². The Kier molecular flexibility index (Phi) is 5.94. The summed E-state index contributed by atoms with van der Waals surface area (Å²) in [4.78, 5) is 25.5. The molecule has 0 aliphatic heterocycles. The Bertz CT molecular complexity index is 1280. The van der Waals surface area contributed by atoms with Crippen LogP contribution < -0.4 is 16.0 Å². The van der Waals surface area contributed by atoms with Crippen molar-refractivity contribution in [2.24, 2.45) is 0 Å². The largest absolute Gasteiger partial charge is 0.382 e. The monoisotopic (exact) mass is 425 g/mol. The molecule has 4 aromatic rings. The zero-order chi connectivity index (χ0) is 22.5. The lowest BCUT2D eigenvalue weighted by molar-refractivity contribution is -0.114. The molecule has 0 unspecified atom stereocenters. The standard InChI is InChI=1S/C24H23N7O/c1-2-21(32)31(18-6-4-3-5-7-18)13-11-19(25)22-23(24(26)29-15-28-22)30-17-9-8-16-10-12-27-20(16)14-17/h2-10,12,14-15,25,27,30H,1,11,13H2,(H2,26,28,29). The molecule has 4 rings (SSSR count). The molecule has 160 valence electrons. The average molecular weight is 425 g/mol. The van der Waals surface area contributed by atoms with Crippen LogP contribution in [-0.2, 0) is 4.79 Å². The first kappa shape index (κ1) is 20.8. The lowest BCUT2D eigenvalue weighted by Gasteiger charge is -2.22. The Morgan fingerprint density at radius 3 is 2.78 bits per heavy atom. The van der Waals surface area contributed by atoms with Gasteiger partial charge in [0.2, 0.25) is 5.91 Å². The summed E-state index contributed by atoms with van der Waals surface area (Å²) in [5, 5.41) is 13.0. The van der Waals surface area contributed by atoms with Crippen molar-refractivity contribution in [1.82, 2.24) is 15.0 Å². The van der Waals surface area contributed by atoms with E-state index in [2.05, 4.69) is 26.8 Å². The van der Waals surface area contributed by atoms with Crippen molar-refractivity contribution < 1.29 is 4.79 Å². The summed E-state index contributed by atoms with van der Waals surface area (Å²) >= 11 is 0. The zero-order valence-electron chi connectivity index (χ0n) is 17.4. The number of aromatic nitrogens is 3. The van der Waals surface area contributed by atoms with Crippen molar-refractivity contribution in [3.05, 3.63) is 85.5 Å². The number of nitrogens with one attached hydrogen (secondary N) is 3. The minimum atomic E-state index is -0.233. The van der Waals surface area contributed by atoms with Crippen LogP contribution in [0.15, 0.2) is 79.8 Å². The average Bonchev–Trinajstić information content (AvgIpc) is 3.29. The van der Waals surface area contributed by atoms with Crippen LogP contribution in [0.25, 0.3) is 10.9 Å². The van der Waals surface area contributed by atoms with Crippen LogP contribution in [0.5, 0.6) is 0 Å². The number of nitrogens with two attached hydrogens (primary N) is 1. The van der Waals surface area contributed by atoms with Gasteiger partial charge in [-0.3, -0.25) is 4.79 Å². The minimum absolute atomic E-state index is 0.233. The third kappa shape index (κ3) is 4.34. The Morgan fingerprint density at radius 1 is 1.19 bits per heavy atom. The fraction of sp³-hybridized carbons (Fsp3) is 0.0833. The molecule has 0 aliphatic rings. The van der Waals surface area contributed by atoms with Crippen LogP contribution in [0, 0.1) is 5.41 Å². The Labute approximate surface area is 185 Å². The summed E-state index contributed by atoms with van der Waals surface area (Å²) in [6.07, 6.45) is 4.75. The molecule has 0 spiro atoms. The van der Waals surface area contributed by atoms with Crippen LogP contribution in [0.4, 0.5) is 22.9 Å². The second kappa shape index (κ2) is 9.13. The van der Waals surface area contributed by atoms with Crippen LogP contribution in [-0.4, -0.2) is 33.1 Å². The number of hydrogen-bond donors (Lipinski definition) is 4. The van der Waals surface area contributed by atoms with Crippen LogP contribution in [0.2, 0.25) is 0 Å². The molecule has 8 heteroatoms. The Balaban J connectivity index is 1.56. The van der Waals surface area contributed by atoms with Gasteiger partial charge in [-0.15, -0.1) is 0 Å². The van der Waals surface area contributed by atoms with E-state index in [1.54, 1.807) is 4.90 Å². The van der Waals surface area contributed by atoms with Gasteiger partial charge >= 0.3 is 0 Å². The molecule has 1 amide bonds. The predicted molar refractivity (Wildman–Crippen MR) is 128 cm³/mol. The topological polar surface area (TPSA) is 124 Å². The van der Waals surface area contributed by atoms with Gasteiger partial charge in [0.15, 0.2) is 5.82 Å². The molecule has 0 saturated heterocycles. The lowest BCUT2D eigenvalue weighted by atomic mass is 10.1. The van der Waals surface area contributed by atoms with Gasteiger partial charge in [0, 0.05) is 36.1 Å². The first-order chi connectivity index (χ1) is 15.6. The van der Waals surface area contributed by atoms with Crippen molar-refractivity contribution in [3.63, 3.8) is 0 Å². The highest BCUT2D eigenvalue weighted by molar-refractivity contribution is 6.05. The minimum Gasteiger partial charge on any atom is -0.382 e. The number of fused-ring (bicyclic) bond motifs is 1. The molecule has 0 bridgehead atoms. The number of amides is 1. The Morgan fingerprint density at radius 2 is 2.00 bits per heavy atom. The third-order valence-electron chi connectivity index (χ3n) is 5.08. The summed E-state index contributed by atoms with van der Waals surface area (Å²) in [5.74, 6) is 0.0113. The fourth-order valence-corrected chi connectivity index (χ4v) is 3.45. The fourth-order valence-electron chi connectivity index (χ4n) is 3.45. The van der Waals surface area contributed by atoms with E-state index in [0.717, 1.165) is 22.3 Å². The zero-order valence-corrected chi connectivity index (χ0v) is 17.4. The van der Waals surface area contributed by atoms with E-state index in [9.17, 15) is 4.79 Å². The van der Waals surface area contributed by atoms with Crippen LogP contribution in [0.3, 0.4) is 0 Å². The maximum Gasteiger partial charge on any atom is 0.250 e. The maximum absolute atomic E-state index is 12.4. The van der Waals surface area contributed by atoms with Crippen molar-refractivity contribution >= 4 is 45.4 Å². The molecule has 32 heavy (non-hydrogen) atoms. The van der Waals surface area contributed by atoms with Gasteiger partial charge in [0.25, 0.3) is 0 Å². The number of nitrogen functional groups attached to an aromatic ring is 1. The SMILES string of the molecule is C=CC(=O)N(CCC(=N)c1ncnc(N)c1Nc1ccc2cc[nH]c2c1)c1ccccc1. The number of carbonyl (C=O) groups excluding carboxylic acids is 1. The van der Waals surface area contributed by atoms with E-state index in [1.165, 1.54) is 12.4 Å². The number of para-hydroxylation sites is 1. The first-order valence-corrected chi connectivity index (χ1v) is 10.1. The van der Waals surface area contributed by atoms with E-state index in [1.807, 2.05) is 60.8 Å². The summed E-state index contributed by atoms with van der Waals surface area (Å²) in [7, 11) is 0. The van der Waals surface area contributed by atoms with Crippen molar-refractivity contribution in [2.45, 2.75) is 6.42 Å². The quantitative estimate of drug-likeness (QED) is 0.248. The lowest BCUT2D eigenvalue weighted by Crippen LogP contribution is -2.31. The van der Waals surface area contributed by atoms with E-state index < -0.39 is 0 Å². The van der Waals surface area contributed by atoms with Gasteiger partial charge in [-0.1, -0.05) is 30.8 Å².